The highest BCUT2D eigenvalue weighted by Gasteiger charge is 2.23. The van der Waals surface area contributed by atoms with Gasteiger partial charge in [-0.15, -0.1) is 0 Å². The second-order valence-corrected chi connectivity index (χ2v) is 5.87. The second kappa shape index (κ2) is 7.94. The quantitative estimate of drug-likeness (QED) is 0.428. The number of phosphoric ester groups is 1. The van der Waals surface area contributed by atoms with Crippen LogP contribution in [0.4, 0.5) is 0 Å². The Morgan fingerprint density at radius 3 is 2.42 bits per heavy atom. The molecule has 0 aliphatic heterocycles. The highest BCUT2D eigenvalue weighted by Crippen LogP contribution is 2.35. The maximum absolute atomic E-state index is 11.7. The minimum Gasteiger partial charge on any atom is -0.379 e. The molecule has 1 unspecified atom stereocenters. The smallest absolute Gasteiger partial charge is 0.379 e. The first-order valence-electron chi connectivity index (χ1n) is 5.81. The summed E-state index contributed by atoms with van der Waals surface area (Å²) in [6, 6.07) is -0.821. The Morgan fingerprint density at radius 2 is 2.00 bits per heavy atom. The summed E-state index contributed by atoms with van der Waals surface area (Å²) in [7, 11) is -1.47. The predicted molar refractivity (Wildman–Crippen MR) is 69.6 cm³/mol. The molecule has 114 valence electrons. The van der Waals surface area contributed by atoms with Crippen LogP contribution in [0.15, 0.2) is 0 Å². The number of hydrogen-bond acceptors (Lipinski definition) is 5. The number of amides is 1. The lowest BCUT2D eigenvalue weighted by Gasteiger charge is -2.23. The number of carbonyl (C=O) groups is 1. The zero-order valence-corrected chi connectivity index (χ0v) is 12.6. The lowest BCUT2D eigenvalue weighted by molar-refractivity contribution is -0.124. The summed E-state index contributed by atoms with van der Waals surface area (Å²) in [4.78, 5) is 28.9. The molecule has 0 aliphatic rings. The van der Waals surface area contributed by atoms with Crippen molar-refractivity contribution < 1.29 is 28.4 Å². The molecule has 4 N–H and O–H groups in total. The van der Waals surface area contributed by atoms with Gasteiger partial charge in [-0.1, -0.05) is 0 Å². The van der Waals surface area contributed by atoms with E-state index in [2.05, 4.69) is 15.2 Å². The molecular weight excluding hydrogens is 275 g/mol. The fourth-order valence-corrected chi connectivity index (χ4v) is 1.52. The van der Waals surface area contributed by atoms with Crippen molar-refractivity contribution in [3.05, 3.63) is 0 Å². The highest BCUT2D eigenvalue weighted by molar-refractivity contribution is 7.46. The number of carbonyl (C=O) groups excluding carboxylic acids is 1. The molecule has 0 aromatic carbocycles. The molecule has 0 aromatic rings. The Bertz CT molecular complexity index is 330. The lowest BCUT2D eigenvalue weighted by Crippen LogP contribution is -2.46. The third-order valence-corrected chi connectivity index (χ3v) is 3.14. The summed E-state index contributed by atoms with van der Waals surface area (Å²) in [6.07, 6.45) is 0.616. The van der Waals surface area contributed by atoms with E-state index >= 15 is 0 Å². The van der Waals surface area contributed by atoms with E-state index in [1.807, 2.05) is 13.8 Å². The van der Waals surface area contributed by atoms with Gasteiger partial charge in [0.1, 0.15) is 6.04 Å². The van der Waals surface area contributed by atoms with Crippen molar-refractivity contribution in [1.82, 2.24) is 10.6 Å². The zero-order chi connectivity index (χ0) is 15.1. The fraction of sp³-hybridized carbons (Fsp3) is 0.900. The van der Waals surface area contributed by atoms with Gasteiger partial charge in [-0.2, -0.15) is 0 Å². The van der Waals surface area contributed by atoms with Crippen LogP contribution < -0.4 is 10.6 Å². The number of likely N-dealkylation sites (N-methyl/N-ethyl adjacent to an activating group) is 1. The first-order valence-corrected chi connectivity index (χ1v) is 7.34. The molecule has 0 spiro atoms. The van der Waals surface area contributed by atoms with Gasteiger partial charge in [0.25, 0.3) is 0 Å². The van der Waals surface area contributed by atoms with Crippen molar-refractivity contribution in [2.75, 3.05) is 27.3 Å². The van der Waals surface area contributed by atoms with Gasteiger partial charge in [-0.25, -0.2) is 4.57 Å². The lowest BCUT2D eigenvalue weighted by atomic mass is 10.1. The van der Waals surface area contributed by atoms with Crippen molar-refractivity contribution in [2.45, 2.75) is 31.9 Å². The number of rotatable bonds is 9. The summed E-state index contributed by atoms with van der Waals surface area (Å²) in [5, 5.41) is 5.27. The van der Waals surface area contributed by atoms with Crippen molar-refractivity contribution in [1.29, 1.82) is 0 Å². The van der Waals surface area contributed by atoms with Gasteiger partial charge >= 0.3 is 7.82 Å². The van der Waals surface area contributed by atoms with E-state index in [-0.39, 0.29) is 11.5 Å². The largest absolute Gasteiger partial charge is 0.469 e. The van der Waals surface area contributed by atoms with Gasteiger partial charge in [-0.05, 0) is 27.3 Å². The molecule has 0 fully saturated rings. The SMILES string of the molecule is CNC(COP(=O)(O)O)C(=O)NCCC(C)(C)OC. The Hall–Kier alpha value is -0.500. The summed E-state index contributed by atoms with van der Waals surface area (Å²) >= 11 is 0. The molecule has 0 aromatic heterocycles. The second-order valence-electron chi connectivity index (χ2n) is 4.63. The molecule has 0 radical (unpaired) electrons. The van der Waals surface area contributed by atoms with Gasteiger partial charge < -0.3 is 25.2 Å². The topological polar surface area (TPSA) is 117 Å². The van der Waals surface area contributed by atoms with E-state index in [4.69, 9.17) is 14.5 Å². The van der Waals surface area contributed by atoms with Gasteiger partial charge in [-0.3, -0.25) is 9.32 Å². The van der Waals surface area contributed by atoms with Crippen molar-refractivity contribution in [3.8, 4) is 0 Å². The summed E-state index contributed by atoms with van der Waals surface area (Å²) in [6.45, 7) is 3.78. The first-order chi connectivity index (χ1) is 8.61. The molecular formula is C10H23N2O6P. The summed E-state index contributed by atoms with van der Waals surface area (Å²) in [5.41, 5.74) is -0.342. The molecule has 0 saturated heterocycles. The average Bonchev–Trinajstić information content (AvgIpc) is 2.28. The zero-order valence-electron chi connectivity index (χ0n) is 11.7. The number of hydrogen-bond donors (Lipinski definition) is 4. The normalized spacial score (nSPS) is 14.2. The Labute approximate surface area is 113 Å². The van der Waals surface area contributed by atoms with Crippen LogP contribution in [0.3, 0.4) is 0 Å². The molecule has 1 atom stereocenters. The third kappa shape index (κ3) is 9.10. The van der Waals surface area contributed by atoms with Gasteiger partial charge in [0.05, 0.1) is 12.2 Å². The first kappa shape index (κ1) is 18.5. The van der Waals surface area contributed by atoms with E-state index in [1.165, 1.54) is 7.05 Å². The number of phosphoric acid groups is 1. The van der Waals surface area contributed by atoms with E-state index in [0.717, 1.165) is 0 Å². The fourth-order valence-electron chi connectivity index (χ4n) is 1.17. The number of nitrogens with one attached hydrogen (secondary N) is 2. The molecule has 1 amide bonds. The van der Waals surface area contributed by atoms with Crippen LogP contribution in [0.2, 0.25) is 0 Å². The average molecular weight is 298 g/mol. The number of ether oxygens (including phenoxy) is 1. The monoisotopic (exact) mass is 298 g/mol. The molecule has 0 rings (SSSR count). The van der Waals surface area contributed by atoms with Crippen LogP contribution >= 0.6 is 7.82 Å². The van der Waals surface area contributed by atoms with Crippen molar-refractivity contribution >= 4 is 13.7 Å². The van der Waals surface area contributed by atoms with Crippen LogP contribution in [0.25, 0.3) is 0 Å². The van der Waals surface area contributed by atoms with E-state index in [1.54, 1.807) is 7.11 Å². The maximum atomic E-state index is 11.7. The summed E-state index contributed by atoms with van der Waals surface area (Å²) in [5.74, 6) is -0.386. The van der Waals surface area contributed by atoms with E-state index < -0.39 is 20.5 Å². The Morgan fingerprint density at radius 1 is 1.42 bits per heavy atom. The molecule has 0 aliphatic carbocycles. The Kier molecular flexibility index (Phi) is 7.73. The third-order valence-electron chi connectivity index (χ3n) is 2.65. The Balaban J connectivity index is 4.12. The van der Waals surface area contributed by atoms with Crippen LogP contribution in [0, 0.1) is 0 Å². The van der Waals surface area contributed by atoms with Crippen LogP contribution in [0.1, 0.15) is 20.3 Å². The van der Waals surface area contributed by atoms with Gasteiger partial charge in [0.2, 0.25) is 5.91 Å². The van der Waals surface area contributed by atoms with Crippen LogP contribution in [-0.4, -0.2) is 54.6 Å². The van der Waals surface area contributed by atoms with Crippen molar-refractivity contribution in [2.24, 2.45) is 0 Å². The molecule has 8 nitrogen and oxygen atoms in total. The minimum atomic E-state index is -4.57. The van der Waals surface area contributed by atoms with Crippen LogP contribution in [0.5, 0.6) is 0 Å². The predicted octanol–water partition coefficient (Wildman–Crippen LogP) is -0.385. The molecule has 0 heterocycles. The molecule has 9 heteroatoms. The van der Waals surface area contributed by atoms with E-state index in [0.29, 0.717) is 13.0 Å². The number of methoxy groups -OCH3 is 1. The maximum Gasteiger partial charge on any atom is 0.469 e. The molecule has 0 saturated carbocycles. The highest BCUT2D eigenvalue weighted by atomic mass is 31.2. The molecule has 19 heavy (non-hydrogen) atoms. The standard InChI is InChI=1S/C10H23N2O6P/c1-10(2,17-4)5-6-12-9(13)8(11-3)7-18-19(14,15)16/h8,11H,5-7H2,1-4H3,(H,12,13)(H2,14,15,16). The van der Waals surface area contributed by atoms with Crippen LogP contribution in [-0.2, 0) is 18.6 Å². The van der Waals surface area contributed by atoms with Gasteiger partial charge in [0.15, 0.2) is 0 Å². The van der Waals surface area contributed by atoms with Crippen molar-refractivity contribution in [3.63, 3.8) is 0 Å². The summed E-state index contributed by atoms with van der Waals surface area (Å²) < 4.78 is 20.0. The van der Waals surface area contributed by atoms with Gasteiger partial charge in [0, 0.05) is 13.7 Å². The molecule has 0 bridgehead atoms. The van der Waals surface area contributed by atoms with E-state index in [9.17, 15) is 9.36 Å². The minimum absolute atomic E-state index is 0.342.